The minimum absolute atomic E-state index is 0.0405. The quantitative estimate of drug-likeness (QED) is 0.753. The molecule has 0 aromatic heterocycles. The van der Waals surface area contributed by atoms with Crippen molar-refractivity contribution in [1.29, 1.82) is 0 Å². The summed E-state index contributed by atoms with van der Waals surface area (Å²) in [6, 6.07) is 9.29. The Kier molecular flexibility index (Phi) is 4.41. The van der Waals surface area contributed by atoms with E-state index in [2.05, 4.69) is 4.72 Å². The van der Waals surface area contributed by atoms with Crippen LogP contribution in [-0.2, 0) is 16.6 Å². The first-order valence-corrected chi connectivity index (χ1v) is 7.98. The maximum absolute atomic E-state index is 12.4. The van der Waals surface area contributed by atoms with Crippen LogP contribution in [0.5, 0.6) is 0 Å². The monoisotopic (exact) mass is 326 g/mol. The summed E-state index contributed by atoms with van der Waals surface area (Å²) in [5.41, 5.74) is 7.60. The fraction of sp³-hybridized carbons (Fsp3) is 0.143. The Bertz CT molecular complexity index is 759. The first-order valence-electron chi connectivity index (χ1n) is 6.12. The van der Waals surface area contributed by atoms with Crippen molar-refractivity contribution in [3.05, 3.63) is 52.5 Å². The number of rotatable bonds is 4. The maximum atomic E-state index is 12.4. The predicted octanol–water partition coefficient (Wildman–Crippen LogP) is 2.52. The summed E-state index contributed by atoms with van der Waals surface area (Å²) >= 11 is 5.87. The van der Waals surface area contributed by atoms with E-state index in [1.807, 2.05) is 0 Å². The Morgan fingerprint density at radius 2 is 1.86 bits per heavy atom. The van der Waals surface area contributed by atoms with Crippen LogP contribution in [0.2, 0.25) is 5.02 Å². The van der Waals surface area contributed by atoms with Gasteiger partial charge in [-0.2, -0.15) is 0 Å². The van der Waals surface area contributed by atoms with Gasteiger partial charge in [-0.15, -0.1) is 0 Å². The molecule has 0 unspecified atom stereocenters. The van der Waals surface area contributed by atoms with Gasteiger partial charge in [-0.25, -0.2) is 8.42 Å². The van der Waals surface area contributed by atoms with E-state index < -0.39 is 10.0 Å². The molecule has 0 fully saturated rings. The fourth-order valence-corrected chi connectivity index (χ4v) is 3.49. The van der Waals surface area contributed by atoms with Crippen molar-refractivity contribution >= 4 is 33.0 Å². The molecule has 2 rings (SSSR count). The third-order valence-electron chi connectivity index (χ3n) is 3.04. The summed E-state index contributed by atoms with van der Waals surface area (Å²) in [4.78, 5) is 0.0405. The van der Waals surface area contributed by atoms with E-state index in [9.17, 15) is 8.42 Å². The lowest BCUT2D eigenvalue weighted by atomic mass is 10.2. The zero-order valence-electron chi connectivity index (χ0n) is 11.3. The van der Waals surface area contributed by atoms with Crippen LogP contribution in [0.25, 0.3) is 0 Å². The predicted molar refractivity (Wildman–Crippen MR) is 83.8 cm³/mol. The van der Waals surface area contributed by atoms with Gasteiger partial charge < -0.3 is 10.8 Å². The molecule has 2 aromatic carbocycles. The second-order valence-electron chi connectivity index (χ2n) is 4.58. The molecule has 0 spiro atoms. The third-order valence-corrected chi connectivity index (χ3v) is 4.77. The highest BCUT2D eigenvalue weighted by Crippen LogP contribution is 2.27. The SMILES string of the molecule is Cc1c(N)cc(Cl)cc1S(=O)(=O)Nc1ccc(CO)cc1. The number of sulfonamides is 1. The van der Waals surface area contributed by atoms with Crippen molar-refractivity contribution in [2.75, 3.05) is 10.5 Å². The molecule has 0 aliphatic carbocycles. The average molecular weight is 327 g/mol. The largest absolute Gasteiger partial charge is 0.398 e. The van der Waals surface area contributed by atoms with Crippen LogP contribution in [-0.4, -0.2) is 13.5 Å². The molecular weight excluding hydrogens is 312 g/mol. The van der Waals surface area contributed by atoms with Crippen LogP contribution in [0.4, 0.5) is 11.4 Å². The van der Waals surface area contributed by atoms with Crippen molar-refractivity contribution in [2.45, 2.75) is 18.4 Å². The Morgan fingerprint density at radius 1 is 1.24 bits per heavy atom. The molecule has 0 bridgehead atoms. The number of nitrogen functional groups attached to an aromatic ring is 1. The van der Waals surface area contributed by atoms with Crippen molar-refractivity contribution in [2.24, 2.45) is 0 Å². The molecule has 112 valence electrons. The number of aliphatic hydroxyl groups excluding tert-OH is 1. The lowest BCUT2D eigenvalue weighted by Crippen LogP contribution is -2.15. The molecule has 2 aromatic rings. The fourth-order valence-electron chi connectivity index (χ4n) is 1.84. The molecule has 7 heteroatoms. The normalized spacial score (nSPS) is 11.4. The number of anilines is 2. The van der Waals surface area contributed by atoms with Gasteiger partial charge in [0.2, 0.25) is 0 Å². The molecule has 4 N–H and O–H groups in total. The van der Waals surface area contributed by atoms with Crippen molar-refractivity contribution in [1.82, 2.24) is 0 Å². The number of aliphatic hydroxyl groups is 1. The standard InChI is InChI=1S/C14H15ClN2O3S/c1-9-13(16)6-11(15)7-14(9)21(19,20)17-12-4-2-10(8-18)3-5-12/h2-7,17-18H,8,16H2,1H3. The molecule has 0 atom stereocenters. The number of nitrogens with one attached hydrogen (secondary N) is 1. The van der Waals surface area contributed by atoms with Crippen molar-refractivity contribution in [3.63, 3.8) is 0 Å². The highest BCUT2D eigenvalue weighted by atomic mass is 35.5. The van der Waals surface area contributed by atoms with Gasteiger partial charge in [0.15, 0.2) is 0 Å². The lowest BCUT2D eigenvalue weighted by molar-refractivity contribution is 0.282. The summed E-state index contributed by atoms with van der Waals surface area (Å²) in [6.45, 7) is 1.52. The highest BCUT2D eigenvalue weighted by Gasteiger charge is 2.19. The van der Waals surface area contributed by atoms with Crippen LogP contribution in [0.1, 0.15) is 11.1 Å². The Hall–Kier alpha value is -1.76. The van der Waals surface area contributed by atoms with Gasteiger partial charge in [0.1, 0.15) is 0 Å². The van der Waals surface area contributed by atoms with Gasteiger partial charge in [-0.1, -0.05) is 23.7 Å². The van der Waals surface area contributed by atoms with E-state index in [4.69, 9.17) is 22.4 Å². The van der Waals surface area contributed by atoms with Crippen LogP contribution in [0, 0.1) is 6.92 Å². The van der Waals surface area contributed by atoms with Crippen LogP contribution in [0.3, 0.4) is 0 Å². The number of benzene rings is 2. The Labute approximate surface area is 128 Å². The number of halogens is 1. The van der Waals surface area contributed by atoms with Crippen LogP contribution >= 0.6 is 11.6 Å². The van der Waals surface area contributed by atoms with Crippen molar-refractivity contribution < 1.29 is 13.5 Å². The van der Waals surface area contributed by atoms with Gasteiger partial charge in [0.25, 0.3) is 10.0 Å². The van der Waals surface area contributed by atoms with Crippen LogP contribution in [0.15, 0.2) is 41.3 Å². The maximum Gasteiger partial charge on any atom is 0.262 e. The zero-order chi connectivity index (χ0) is 15.6. The summed E-state index contributed by atoms with van der Waals surface area (Å²) in [6.07, 6.45) is 0. The summed E-state index contributed by atoms with van der Waals surface area (Å²) in [5.74, 6) is 0. The van der Waals surface area contributed by atoms with Gasteiger partial charge in [-0.05, 0) is 42.3 Å². The molecule has 5 nitrogen and oxygen atoms in total. The summed E-state index contributed by atoms with van der Waals surface area (Å²) < 4.78 is 27.3. The van der Waals surface area contributed by atoms with Gasteiger partial charge in [0.05, 0.1) is 11.5 Å². The van der Waals surface area contributed by atoms with Gasteiger partial charge in [0, 0.05) is 16.4 Å². The minimum Gasteiger partial charge on any atom is -0.398 e. The number of hydrogen-bond acceptors (Lipinski definition) is 4. The summed E-state index contributed by atoms with van der Waals surface area (Å²) in [5, 5.41) is 9.23. The molecule has 0 heterocycles. The summed E-state index contributed by atoms with van der Waals surface area (Å²) in [7, 11) is -3.79. The smallest absolute Gasteiger partial charge is 0.262 e. The molecule has 0 aliphatic rings. The molecule has 21 heavy (non-hydrogen) atoms. The topological polar surface area (TPSA) is 92.4 Å². The molecule has 0 radical (unpaired) electrons. The number of nitrogens with two attached hydrogens (primary N) is 1. The minimum atomic E-state index is -3.79. The van der Waals surface area contributed by atoms with E-state index in [0.717, 1.165) is 0 Å². The third kappa shape index (κ3) is 3.47. The van der Waals surface area contributed by atoms with E-state index in [0.29, 0.717) is 22.5 Å². The van der Waals surface area contributed by atoms with Crippen LogP contribution < -0.4 is 10.5 Å². The Morgan fingerprint density at radius 3 is 2.43 bits per heavy atom. The van der Waals surface area contributed by atoms with Gasteiger partial charge in [-0.3, -0.25) is 4.72 Å². The average Bonchev–Trinajstić information content (AvgIpc) is 2.43. The van der Waals surface area contributed by atoms with E-state index >= 15 is 0 Å². The first-order chi connectivity index (χ1) is 9.83. The van der Waals surface area contributed by atoms with Gasteiger partial charge >= 0.3 is 0 Å². The van der Waals surface area contributed by atoms with Crippen molar-refractivity contribution in [3.8, 4) is 0 Å². The first kappa shape index (κ1) is 15.6. The second kappa shape index (κ2) is 5.93. The molecule has 0 aliphatic heterocycles. The zero-order valence-corrected chi connectivity index (χ0v) is 12.9. The molecule has 0 saturated heterocycles. The molecular formula is C14H15ClN2O3S. The lowest BCUT2D eigenvalue weighted by Gasteiger charge is -2.12. The van der Waals surface area contributed by atoms with E-state index in [-0.39, 0.29) is 16.5 Å². The molecule has 0 saturated carbocycles. The second-order valence-corrected chi connectivity index (χ2v) is 6.67. The van der Waals surface area contributed by atoms with E-state index in [1.165, 1.54) is 12.1 Å². The Balaban J connectivity index is 2.38. The number of hydrogen-bond donors (Lipinski definition) is 3. The molecule has 0 amide bonds. The van der Waals surface area contributed by atoms with E-state index in [1.54, 1.807) is 31.2 Å². The highest BCUT2D eigenvalue weighted by molar-refractivity contribution is 7.92.